The number of carbonyl (C=O) groups is 1. The number of hydrogen-bond acceptors (Lipinski definition) is 5. The Bertz CT molecular complexity index is 1030. The number of aromatic nitrogens is 4. The predicted octanol–water partition coefficient (Wildman–Crippen LogP) is 2.73. The van der Waals surface area contributed by atoms with Crippen LogP contribution in [-0.4, -0.2) is 33.0 Å². The summed E-state index contributed by atoms with van der Waals surface area (Å²) in [6.07, 6.45) is 0.110. The average Bonchev–Trinajstić information content (AvgIpc) is 3.00. The Morgan fingerprint density at radius 1 is 1.19 bits per heavy atom. The van der Waals surface area contributed by atoms with Crippen molar-refractivity contribution >= 4 is 11.7 Å². The molecule has 1 aromatic carbocycles. The Morgan fingerprint density at radius 3 is 2.67 bits per heavy atom. The second-order valence-corrected chi connectivity index (χ2v) is 6.17. The van der Waals surface area contributed by atoms with Crippen molar-refractivity contribution in [2.75, 3.05) is 12.4 Å². The Hall–Kier alpha value is -3.36. The fraction of sp³-hybridized carbons (Fsp3) is 0.222. The number of amides is 1. The SMILES string of the molecule is COc1ccc(-n2nc(C)c3c2NC(=O)C[C@@H]3c2ccc(F)c(F)c2)nn1. The summed E-state index contributed by atoms with van der Waals surface area (Å²) in [4.78, 5) is 12.3. The second-order valence-electron chi connectivity index (χ2n) is 6.17. The smallest absolute Gasteiger partial charge is 0.233 e. The molecule has 1 aliphatic rings. The van der Waals surface area contributed by atoms with Gasteiger partial charge in [0.05, 0.1) is 12.8 Å². The first-order chi connectivity index (χ1) is 13.0. The standard InChI is InChI=1S/C18H15F2N5O2/c1-9-17-11(10-3-4-12(19)13(20)7-10)8-15(26)21-18(17)25(24-9)14-5-6-16(27-2)23-22-14/h3-7,11H,8H2,1-2H3,(H,21,26)/t11-/m1/s1. The van der Waals surface area contributed by atoms with Crippen molar-refractivity contribution in [3.63, 3.8) is 0 Å². The molecule has 138 valence electrons. The van der Waals surface area contributed by atoms with E-state index < -0.39 is 17.6 Å². The molecule has 0 fully saturated rings. The summed E-state index contributed by atoms with van der Waals surface area (Å²) in [6.45, 7) is 1.79. The third kappa shape index (κ3) is 2.90. The molecule has 27 heavy (non-hydrogen) atoms. The molecule has 9 heteroatoms. The summed E-state index contributed by atoms with van der Waals surface area (Å²) in [5.41, 5.74) is 1.89. The monoisotopic (exact) mass is 371 g/mol. The number of aryl methyl sites for hydroxylation is 1. The zero-order valence-corrected chi connectivity index (χ0v) is 14.5. The van der Waals surface area contributed by atoms with Crippen LogP contribution in [0, 0.1) is 18.6 Å². The average molecular weight is 371 g/mol. The number of nitrogens with one attached hydrogen (secondary N) is 1. The van der Waals surface area contributed by atoms with E-state index in [2.05, 4.69) is 20.6 Å². The highest BCUT2D eigenvalue weighted by Gasteiger charge is 2.33. The Morgan fingerprint density at radius 2 is 2.00 bits per heavy atom. The van der Waals surface area contributed by atoms with Crippen LogP contribution < -0.4 is 10.1 Å². The van der Waals surface area contributed by atoms with Gasteiger partial charge < -0.3 is 10.1 Å². The molecule has 7 nitrogen and oxygen atoms in total. The van der Waals surface area contributed by atoms with Crippen molar-refractivity contribution < 1.29 is 18.3 Å². The Kier molecular flexibility index (Phi) is 4.06. The van der Waals surface area contributed by atoms with E-state index in [1.807, 2.05) is 0 Å². The van der Waals surface area contributed by atoms with Gasteiger partial charge in [-0.15, -0.1) is 10.2 Å². The number of ether oxygens (including phenoxy) is 1. The fourth-order valence-corrected chi connectivity index (χ4v) is 3.26. The summed E-state index contributed by atoms with van der Waals surface area (Å²) in [7, 11) is 1.48. The van der Waals surface area contributed by atoms with E-state index in [1.165, 1.54) is 17.9 Å². The minimum atomic E-state index is -0.953. The zero-order valence-electron chi connectivity index (χ0n) is 14.5. The predicted molar refractivity (Wildman–Crippen MR) is 91.9 cm³/mol. The Labute approximate surface area is 153 Å². The highest BCUT2D eigenvalue weighted by atomic mass is 19.2. The molecule has 0 unspecified atom stereocenters. The number of fused-ring (bicyclic) bond motifs is 1. The van der Waals surface area contributed by atoms with E-state index in [0.29, 0.717) is 28.8 Å². The molecular weight excluding hydrogens is 356 g/mol. The van der Waals surface area contributed by atoms with E-state index in [9.17, 15) is 13.6 Å². The molecule has 0 saturated heterocycles. The first kappa shape index (κ1) is 17.1. The topological polar surface area (TPSA) is 81.9 Å². The largest absolute Gasteiger partial charge is 0.480 e. The zero-order chi connectivity index (χ0) is 19.1. The Balaban J connectivity index is 1.83. The van der Waals surface area contributed by atoms with Gasteiger partial charge >= 0.3 is 0 Å². The van der Waals surface area contributed by atoms with Crippen molar-refractivity contribution in [3.05, 3.63) is 58.8 Å². The van der Waals surface area contributed by atoms with Crippen LogP contribution in [0.3, 0.4) is 0 Å². The van der Waals surface area contributed by atoms with Crippen LogP contribution in [0.2, 0.25) is 0 Å². The molecule has 0 saturated carbocycles. The van der Waals surface area contributed by atoms with Gasteiger partial charge in [0.15, 0.2) is 17.5 Å². The molecule has 1 N–H and O–H groups in total. The van der Waals surface area contributed by atoms with Crippen LogP contribution >= 0.6 is 0 Å². The van der Waals surface area contributed by atoms with Gasteiger partial charge in [0.25, 0.3) is 0 Å². The molecule has 1 amide bonds. The summed E-state index contributed by atoms with van der Waals surface area (Å²) >= 11 is 0. The maximum atomic E-state index is 13.7. The van der Waals surface area contributed by atoms with Crippen molar-refractivity contribution in [3.8, 4) is 11.7 Å². The lowest BCUT2D eigenvalue weighted by Gasteiger charge is -2.24. The van der Waals surface area contributed by atoms with Crippen molar-refractivity contribution in [2.45, 2.75) is 19.3 Å². The molecule has 0 radical (unpaired) electrons. The molecule has 3 aromatic rings. The van der Waals surface area contributed by atoms with E-state index >= 15 is 0 Å². The molecule has 3 heterocycles. The molecule has 1 atom stereocenters. The van der Waals surface area contributed by atoms with E-state index in [0.717, 1.165) is 17.7 Å². The van der Waals surface area contributed by atoms with Crippen LogP contribution in [0.15, 0.2) is 30.3 Å². The van der Waals surface area contributed by atoms with Crippen LogP contribution in [0.1, 0.15) is 29.2 Å². The van der Waals surface area contributed by atoms with Gasteiger partial charge in [-0.2, -0.15) is 9.78 Å². The van der Waals surface area contributed by atoms with Gasteiger partial charge in [-0.05, 0) is 30.7 Å². The van der Waals surface area contributed by atoms with Gasteiger partial charge in [0.1, 0.15) is 5.82 Å². The molecule has 0 bridgehead atoms. The summed E-state index contributed by atoms with van der Waals surface area (Å²) in [5.74, 6) is -1.39. The van der Waals surface area contributed by atoms with Crippen molar-refractivity contribution in [1.29, 1.82) is 0 Å². The summed E-state index contributed by atoms with van der Waals surface area (Å²) < 4.78 is 33.5. The summed E-state index contributed by atoms with van der Waals surface area (Å²) in [6, 6.07) is 6.95. The lowest BCUT2D eigenvalue weighted by Crippen LogP contribution is -2.25. The number of benzene rings is 1. The fourth-order valence-electron chi connectivity index (χ4n) is 3.26. The third-order valence-corrected chi connectivity index (χ3v) is 4.50. The highest BCUT2D eigenvalue weighted by molar-refractivity contribution is 5.95. The lowest BCUT2D eigenvalue weighted by atomic mass is 9.86. The molecule has 0 spiro atoms. The van der Waals surface area contributed by atoms with E-state index in [1.54, 1.807) is 19.1 Å². The number of rotatable bonds is 3. The first-order valence-electron chi connectivity index (χ1n) is 8.20. The number of anilines is 1. The molecule has 4 rings (SSSR count). The van der Waals surface area contributed by atoms with Gasteiger partial charge in [0, 0.05) is 24.0 Å². The minimum absolute atomic E-state index is 0.110. The third-order valence-electron chi connectivity index (χ3n) is 4.50. The van der Waals surface area contributed by atoms with Gasteiger partial charge in [-0.25, -0.2) is 8.78 Å². The maximum absolute atomic E-state index is 13.7. The molecule has 1 aliphatic heterocycles. The quantitative estimate of drug-likeness (QED) is 0.766. The van der Waals surface area contributed by atoms with Gasteiger partial charge in [-0.3, -0.25) is 4.79 Å². The minimum Gasteiger partial charge on any atom is -0.480 e. The number of nitrogens with zero attached hydrogens (tertiary/aromatic N) is 4. The highest BCUT2D eigenvalue weighted by Crippen LogP contribution is 2.40. The maximum Gasteiger partial charge on any atom is 0.233 e. The molecule has 0 aliphatic carbocycles. The van der Waals surface area contributed by atoms with E-state index in [-0.39, 0.29) is 12.3 Å². The normalized spacial score (nSPS) is 16.0. The van der Waals surface area contributed by atoms with Crippen LogP contribution in [0.25, 0.3) is 5.82 Å². The van der Waals surface area contributed by atoms with Gasteiger partial charge in [0.2, 0.25) is 11.8 Å². The van der Waals surface area contributed by atoms with E-state index in [4.69, 9.17) is 4.74 Å². The van der Waals surface area contributed by atoms with Crippen molar-refractivity contribution in [2.24, 2.45) is 0 Å². The second kappa shape index (κ2) is 6.42. The summed E-state index contributed by atoms with van der Waals surface area (Å²) in [5, 5.41) is 15.2. The first-order valence-corrected chi connectivity index (χ1v) is 8.20. The van der Waals surface area contributed by atoms with Gasteiger partial charge in [-0.1, -0.05) is 6.07 Å². The molecule has 2 aromatic heterocycles. The number of hydrogen-bond donors (Lipinski definition) is 1. The number of carbonyl (C=O) groups excluding carboxylic acids is 1. The lowest BCUT2D eigenvalue weighted by molar-refractivity contribution is -0.116. The number of halogens is 2. The van der Waals surface area contributed by atoms with Crippen molar-refractivity contribution in [1.82, 2.24) is 20.0 Å². The molecular formula is C18H15F2N5O2. The number of methoxy groups -OCH3 is 1. The van der Waals surface area contributed by atoms with Crippen LogP contribution in [0.5, 0.6) is 5.88 Å². The van der Waals surface area contributed by atoms with Crippen LogP contribution in [0.4, 0.5) is 14.6 Å². The van der Waals surface area contributed by atoms with Crippen LogP contribution in [-0.2, 0) is 4.79 Å².